The molecular formula is C18H28N4O3. The molecule has 2 atom stereocenters. The first-order chi connectivity index (χ1) is 12.2. The monoisotopic (exact) mass is 348 g/mol. The first-order valence-electron chi connectivity index (χ1n) is 9.62. The Balaban J connectivity index is 1.33. The molecule has 0 unspecified atom stereocenters. The maximum Gasteiger partial charge on any atom is 0.229 e. The predicted octanol–water partition coefficient (Wildman–Crippen LogP) is 1.94. The summed E-state index contributed by atoms with van der Waals surface area (Å²) in [6.45, 7) is 5.89. The summed E-state index contributed by atoms with van der Waals surface area (Å²) in [7, 11) is 0. The minimum atomic E-state index is 0.0820. The number of ether oxygens (including phenoxy) is 1. The molecule has 0 radical (unpaired) electrons. The molecule has 0 aromatic carbocycles. The van der Waals surface area contributed by atoms with E-state index in [-0.39, 0.29) is 11.9 Å². The number of rotatable bonds is 6. The number of aromatic nitrogens is 2. The third-order valence-electron chi connectivity index (χ3n) is 5.55. The molecule has 1 amide bonds. The molecule has 0 N–H and O–H groups in total. The van der Waals surface area contributed by atoms with E-state index in [0.717, 1.165) is 57.8 Å². The Hall–Kier alpha value is -1.47. The molecule has 1 aromatic rings. The Morgan fingerprint density at radius 1 is 1.28 bits per heavy atom. The standard InChI is InChI=1S/C18H28N4O3/c1-13(23)22(12-17-19-18(25-20-17)14-5-6-14)15-7-8-21(10-15)11-16-4-2-3-9-24-16/h14-16H,2-12H2,1H3/t15-,16-/m1/s1. The van der Waals surface area contributed by atoms with Crippen molar-refractivity contribution in [2.24, 2.45) is 0 Å². The van der Waals surface area contributed by atoms with E-state index in [9.17, 15) is 4.79 Å². The summed E-state index contributed by atoms with van der Waals surface area (Å²) in [4.78, 5) is 21.0. The van der Waals surface area contributed by atoms with Gasteiger partial charge in [0.05, 0.1) is 12.6 Å². The quantitative estimate of drug-likeness (QED) is 0.782. The predicted molar refractivity (Wildman–Crippen MR) is 90.9 cm³/mol. The van der Waals surface area contributed by atoms with Crippen LogP contribution < -0.4 is 0 Å². The molecule has 1 aromatic heterocycles. The summed E-state index contributed by atoms with van der Waals surface area (Å²) in [5.41, 5.74) is 0. The van der Waals surface area contributed by atoms with Crippen molar-refractivity contribution in [1.82, 2.24) is 19.9 Å². The van der Waals surface area contributed by atoms with E-state index in [1.54, 1.807) is 6.92 Å². The summed E-state index contributed by atoms with van der Waals surface area (Å²) < 4.78 is 11.2. The molecular weight excluding hydrogens is 320 g/mol. The maximum atomic E-state index is 12.2. The Labute approximate surface area is 148 Å². The lowest BCUT2D eigenvalue weighted by molar-refractivity contribution is -0.131. The zero-order valence-electron chi connectivity index (χ0n) is 15.0. The van der Waals surface area contributed by atoms with Crippen LogP contribution in [-0.2, 0) is 16.1 Å². The Morgan fingerprint density at radius 3 is 2.88 bits per heavy atom. The lowest BCUT2D eigenvalue weighted by atomic mass is 10.1. The number of hydrogen-bond donors (Lipinski definition) is 0. The van der Waals surface area contributed by atoms with E-state index in [0.29, 0.717) is 24.4 Å². The number of amides is 1. The Morgan fingerprint density at radius 2 is 2.16 bits per heavy atom. The highest BCUT2D eigenvalue weighted by Crippen LogP contribution is 2.38. The fourth-order valence-corrected chi connectivity index (χ4v) is 3.95. The second kappa shape index (κ2) is 7.41. The van der Waals surface area contributed by atoms with Crippen LogP contribution in [0.2, 0.25) is 0 Å². The van der Waals surface area contributed by atoms with Gasteiger partial charge in [0.1, 0.15) is 0 Å². The smallest absolute Gasteiger partial charge is 0.229 e. The van der Waals surface area contributed by atoms with Crippen molar-refractivity contribution in [2.75, 3.05) is 26.2 Å². The normalized spacial score (nSPS) is 27.6. The van der Waals surface area contributed by atoms with Crippen molar-refractivity contribution in [3.05, 3.63) is 11.7 Å². The number of carbonyl (C=O) groups excluding carboxylic acids is 1. The summed E-state index contributed by atoms with van der Waals surface area (Å²) in [5, 5.41) is 4.07. The van der Waals surface area contributed by atoms with Gasteiger partial charge in [-0.2, -0.15) is 4.98 Å². The molecule has 1 aliphatic carbocycles. The third kappa shape index (κ3) is 4.20. The number of nitrogens with zero attached hydrogens (tertiary/aromatic N) is 4. The van der Waals surface area contributed by atoms with Crippen LogP contribution in [0, 0.1) is 0 Å². The molecule has 0 bridgehead atoms. The van der Waals surface area contributed by atoms with Gasteiger partial charge < -0.3 is 14.2 Å². The zero-order valence-corrected chi connectivity index (χ0v) is 15.0. The van der Waals surface area contributed by atoms with Gasteiger partial charge in [-0.15, -0.1) is 0 Å². The van der Waals surface area contributed by atoms with E-state index >= 15 is 0 Å². The average molecular weight is 348 g/mol. The van der Waals surface area contributed by atoms with Crippen molar-refractivity contribution in [1.29, 1.82) is 0 Å². The maximum absolute atomic E-state index is 12.2. The molecule has 7 heteroatoms. The first-order valence-corrected chi connectivity index (χ1v) is 9.62. The lowest BCUT2D eigenvalue weighted by Crippen LogP contribution is -2.42. The second-order valence-electron chi connectivity index (χ2n) is 7.66. The summed E-state index contributed by atoms with van der Waals surface area (Å²) in [6.07, 6.45) is 7.24. The number of carbonyl (C=O) groups is 1. The van der Waals surface area contributed by atoms with Gasteiger partial charge >= 0.3 is 0 Å². The fraction of sp³-hybridized carbons (Fsp3) is 0.833. The van der Waals surface area contributed by atoms with Crippen LogP contribution in [0.15, 0.2) is 4.52 Å². The largest absolute Gasteiger partial charge is 0.377 e. The molecule has 1 saturated carbocycles. The summed E-state index contributed by atoms with van der Waals surface area (Å²) in [5.74, 6) is 1.90. The van der Waals surface area contributed by atoms with Crippen LogP contribution in [-0.4, -0.2) is 64.2 Å². The topological polar surface area (TPSA) is 71.7 Å². The molecule has 2 saturated heterocycles. The van der Waals surface area contributed by atoms with Crippen LogP contribution in [0.3, 0.4) is 0 Å². The third-order valence-corrected chi connectivity index (χ3v) is 5.55. The van der Waals surface area contributed by atoms with Crippen LogP contribution in [0.1, 0.15) is 63.1 Å². The highest BCUT2D eigenvalue weighted by molar-refractivity contribution is 5.73. The van der Waals surface area contributed by atoms with E-state index in [2.05, 4.69) is 15.0 Å². The van der Waals surface area contributed by atoms with Gasteiger partial charge in [0.15, 0.2) is 5.82 Å². The number of hydrogen-bond acceptors (Lipinski definition) is 6. The van der Waals surface area contributed by atoms with Gasteiger partial charge in [0.2, 0.25) is 11.8 Å². The summed E-state index contributed by atoms with van der Waals surface area (Å²) in [6, 6.07) is 0.226. The van der Waals surface area contributed by atoms with E-state index in [1.165, 1.54) is 12.8 Å². The molecule has 0 spiro atoms. The minimum Gasteiger partial charge on any atom is -0.377 e. The number of likely N-dealkylation sites (tertiary alicyclic amines) is 1. The molecule has 3 fully saturated rings. The van der Waals surface area contributed by atoms with E-state index in [1.807, 2.05) is 4.90 Å². The molecule has 138 valence electrons. The van der Waals surface area contributed by atoms with Crippen LogP contribution >= 0.6 is 0 Å². The van der Waals surface area contributed by atoms with Crippen LogP contribution in [0.5, 0.6) is 0 Å². The molecule has 2 aliphatic heterocycles. The fourth-order valence-electron chi connectivity index (χ4n) is 3.95. The Bertz CT molecular complexity index is 595. The van der Waals surface area contributed by atoms with Gasteiger partial charge in [-0.25, -0.2) is 0 Å². The minimum absolute atomic E-state index is 0.0820. The first kappa shape index (κ1) is 17.0. The van der Waals surface area contributed by atoms with Crippen molar-refractivity contribution in [2.45, 2.75) is 70.1 Å². The second-order valence-corrected chi connectivity index (χ2v) is 7.66. The molecule has 3 heterocycles. The van der Waals surface area contributed by atoms with Crippen molar-refractivity contribution < 1.29 is 14.1 Å². The molecule has 3 aliphatic rings. The van der Waals surface area contributed by atoms with Gasteiger partial charge in [0.25, 0.3) is 0 Å². The molecule has 4 rings (SSSR count). The van der Waals surface area contributed by atoms with Crippen LogP contribution in [0.4, 0.5) is 0 Å². The van der Waals surface area contributed by atoms with Gasteiger partial charge in [0, 0.05) is 45.1 Å². The van der Waals surface area contributed by atoms with E-state index in [4.69, 9.17) is 9.26 Å². The van der Waals surface area contributed by atoms with Gasteiger partial charge in [-0.1, -0.05) is 5.16 Å². The van der Waals surface area contributed by atoms with Crippen LogP contribution in [0.25, 0.3) is 0 Å². The Kier molecular flexibility index (Phi) is 5.03. The lowest BCUT2D eigenvalue weighted by Gasteiger charge is -2.29. The molecule has 25 heavy (non-hydrogen) atoms. The zero-order chi connectivity index (χ0) is 17.2. The average Bonchev–Trinajstić information content (AvgIpc) is 3.18. The highest BCUT2D eigenvalue weighted by atomic mass is 16.5. The molecule has 7 nitrogen and oxygen atoms in total. The van der Waals surface area contributed by atoms with Crippen molar-refractivity contribution >= 4 is 5.91 Å². The van der Waals surface area contributed by atoms with Crippen molar-refractivity contribution in [3.8, 4) is 0 Å². The highest BCUT2D eigenvalue weighted by Gasteiger charge is 2.33. The van der Waals surface area contributed by atoms with Gasteiger partial charge in [-0.3, -0.25) is 9.69 Å². The SMILES string of the molecule is CC(=O)N(Cc1noc(C2CC2)n1)[C@@H]1CCN(C[C@H]2CCCCO2)C1. The van der Waals surface area contributed by atoms with Crippen molar-refractivity contribution in [3.63, 3.8) is 0 Å². The van der Waals surface area contributed by atoms with Gasteiger partial charge in [-0.05, 0) is 38.5 Å². The summed E-state index contributed by atoms with van der Waals surface area (Å²) >= 11 is 0. The van der Waals surface area contributed by atoms with E-state index < -0.39 is 0 Å².